The van der Waals surface area contributed by atoms with E-state index >= 15 is 0 Å². The summed E-state index contributed by atoms with van der Waals surface area (Å²) in [5.41, 5.74) is 2.90. The molecule has 3 aromatic rings. The summed E-state index contributed by atoms with van der Waals surface area (Å²) in [6.07, 6.45) is 1.23. The molecule has 0 heterocycles. The van der Waals surface area contributed by atoms with E-state index in [4.69, 9.17) is 11.6 Å². The molecule has 35 heavy (non-hydrogen) atoms. The van der Waals surface area contributed by atoms with Gasteiger partial charge >= 0.3 is 0 Å². The molecular weight excluding hydrogens is 524 g/mol. The summed E-state index contributed by atoms with van der Waals surface area (Å²) in [5, 5.41) is 3.70. The van der Waals surface area contributed by atoms with Crippen LogP contribution in [0.15, 0.2) is 83.3 Å². The van der Waals surface area contributed by atoms with Gasteiger partial charge < -0.3 is 10.2 Å². The topological polar surface area (TPSA) is 49.4 Å². The van der Waals surface area contributed by atoms with Crippen molar-refractivity contribution in [2.24, 2.45) is 5.92 Å². The van der Waals surface area contributed by atoms with Crippen molar-refractivity contribution in [1.82, 2.24) is 10.2 Å². The third kappa shape index (κ3) is 8.52. The predicted molar refractivity (Wildman–Crippen MR) is 146 cm³/mol. The molecule has 0 aromatic heterocycles. The highest BCUT2D eigenvalue weighted by atomic mass is 79.9. The molecule has 184 valence electrons. The van der Waals surface area contributed by atoms with Crippen molar-refractivity contribution in [3.63, 3.8) is 0 Å². The van der Waals surface area contributed by atoms with Crippen molar-refractivity contribution in [1.29, 1.82) is 0 Å². The fourth-order valence-electron chi connectivity index (χ4n) is 3.85. The summed E-state index contributed by atoms with van der Waals surface area (Å²) in [6.45, 7) is 5.02. The molecule has 0 unspecified atom stereocenters. The third-order valence-corrected chi connectivity index (χ3v) is 6.69. The van der Waals surface area contributed by atoms with Crippen molar-refractivity contribution in [2.45, 2.75) is 45.7 Å². The lowest BCUT2D eigenvalue weighted by atomic mass is 10.0. The Morgan fingerprint density at radius 2 is 1.57 bits per heavy atom. The number of benzene rings is 3. The summed E-state index contributed by atoms with van der Waals surface area (Å²) < 4.78 is 0.966. The molecule has 0 bridgehead atoms. The van der Waals surface area contributed by atoms with Gasteiger partial charge in [-0.05, 0) is 47.2 Å². The van der Waals surface area contributed by atoms with Gasteiger partial charge in [0.15, 0.2) is 0 Å². The molecule has 2 amide bonds. The molecule has 0 saturated heterocycles. The number of rotatable bonds is 11. The highest BCUT2D eigenvalue weighted by Crippen LogP contribution is 2.21. The number of hydrogen-bond donors (Lipinski definition) is 1. The number of carbonyl (C=O) groups is 2. The SMILES string of the molecule is CC(C)CNC(=O)[C@@H](Cc1ccccc1)N(Cc1ccc(Br)cc1)C(=O)CCc1ccccc1Cl. The van der Waals surface area contributed by atoms with Gasteiger partial charge in [0.25, 0.3) is 0 Å². The van der Waals surface area contributed by atoms with Gasteiger partial charge in [0.1, 0.15) is 6.04 Å². The zero-order valence-corrected chi connectivity index (χ0v) is 22.6. The summed E-state index contributed by atoms with van der Waals surface area (Å²) >= 11 is 9.80. The van der Waals surface area contributed by atoms with Gasteiger partial charge in [-0.2, -0.15) is 0 Å². The molecule has 0 aliphatic rings. The first-order valence-electron chi connectivity index (χ1n) is 11.9. The van der Waals surface area contributed by atoms with Crippen LogP contribution < -0.4 is 5.32 Å². The highest BCUT2D eigenvalue weighted by Gasteiger charge is 2.30. The molecule has 0 radical (unpaired) electrons. The minimum Gasteiger partial charge on any atom is -0.354 e. The third-order valence-electron chi connectivity index (χ3n) is 5.79. The minimum atomic E-state index is -0.626. The Hall–Kier alpha value is -2.63. The molecule has 1 N–H and O–H groups in total. The van der Waals surface area contributed by atoms with Crippen LogP contribution in [0.4, 0.5) is 0 Å². The number of aryl methyl sites for hydroxylation is 1. The van der Waals surface area contributed by atoms with Crippen LogP contribution in [-0.4, -0.2) is 29.3 Å². The smallest absolute Gasteiger partial charge is 0.243 e. The van der Waals surface area contributed by atoms with E-state index < -0.39 is 6.04 Å². The number of hydrogen-bond acceptors (Lipinski definition) is 2. The quantitative estimate of drug-likeness (QED) is 0.296. The average Bonchev–Trinajstić information content (AvgIpc) is 2.85. The molecule has 0 aliphatic heterocycles. The largest absolute Gasteiger partial charge is 0.354 e. The molecule has 3 aromatic carbocycles. The summed E-state index contributed by atoms with van der Waals surface area (Å²) in [6, 6.07) is 24.6. The second-order valence-electron chi connectivity index (χ2n) is 9.08. The first-order valence-corrected chi connectivity index (χ1v) is 13.1. The van der Waals surface area contributed by atoms with E-state index in [2.05, 4.69) is 35.1 Å². The molecule has 0 spiro atoms. The van der Waals surface area contributed by atoms with E-state index in [1.165, 1.54) is 0 Å². The molecule has 4 nitrogen and oxygen atoms in total. The van der Waals surface area contributed by atoms with Crippen LogP contribution in [-0.2, 0) is 29.0 Å². The van der Waals surface area contributed by atoms with E-state index in [0.29, 0.717) is 36.9 Å². The van der Waals surface area contributed by atoms with Gasteiger partial charge in [-0.1, -0.05) is 102 Å². The van der Waals surface area contributed by atoms with E-state index in [1.807, 2.05) is 78.9 Å². The molecular formula is C29H32BrClN2O2. The zero-order chi connectivity index (χ0) is 25.2. The van der Waals surface area contributed by atoms with Crippen molar-refractivity contribution in [3.05, 3.63) is 105 Å². The molecule has 3 rings (SSSR count). The van der Waals surface area contributed by atoms with Crippen molar-refractivity contribution >= 4 is 39.3 Å². The summed E-state index contributed by atoms with van der Waals surface area (Å²) in [5.74, 6) is 0.103. The van der Waals surface area contributed by atoms with Crippen molar-refractivity contribution < 1.29 is 9.59 Å². The van der Waals surface area contributed by atoms with Crippen LogP contribution in [0.25, 0.3) is 0 Å². The standard InChI is InChI=1S/C29H32BrClN2O2/c1-21(2)19-32-29(35)27(18-22-8-4-3-5-9-22)33(20-23-12-15-25(30)16-13-23)28(34)17-14-24-10-6-7-11-26(24)31/h3-13,15-16,21,27H,14,17-20H2,1-2H3,(H,32,35)/t27-/m1/s1. The number of amides is 2. The van der Waals surface area contributed by atoms with Gasteiger partial charge in [-0.15, -0.1) is 0 Å². The zero-order valence-electron chi connectivity index (χ0n) is 20.2. The summed E-state index contributed by atoms with van der Waals surface area (Å²) in [7, 11) is 0. The van der Waals surface area contributed by atoms with Crippen LogP contribution in [0, 0.1) is 5.92 Å². The Kier molecular flexibility index (Phi) is 10.4. The Morgan fingerprint density at radius 3 is 2.23 bits per heavy atom. The maximum absolute atomic E-state index is 13.7. The Morgan fingerprint density at radius 1 is 0.914 bits per heavy atom. The molecule has 0 fully saturated rings. The number of nitrogens with zero attached hydrogens (tertiary/aromatic N) is 1. The summed E-state index contributed by atoms with van der Waals surface area (Å²) in [4.78, 5) is 28.8. The second kappa shape index (κ2) is 13.5. The maximum Gasteiger partial charge on any atom is 0.243 e. The molecule has 6 heteroatoms. The number of nitrogens with one attached hydrogen (secondary N) is 1. The van der Waals surface area contributed by atoms with Crippen LogP contribution in [0.3, 0.4) is 0 Å². The Labute approximate surface area is 221 Å². The fraction of sp³-hybridized carbons (Fsp3) is 0.310. The fourth-order valence-corrected chi connectivity index (χ4v) is 4.34. The lowest BCUT2D eigenvalue weighted by Gasteiger charge is -2.32. The normalized spacial score (nSPS) is 11.8. The molecule has 0 saturated carbocycles. The van der Waals surface area contributed by atoms with E-state index in [-0.39, 0.29) is 18.2 Å². The van der Waals surface area contributed by atoms with Gasteiger partial charge in [0.2, 0.25) is 11.8 Å². The average molecular weight is 556 g/mol. The van der Waals surface area contributed by atoms with Crippen LogP contribution in [0.1, 0.15) is 37.0 Å². The minimum absolute atomic E-state index is 0.0755. The van der Waals surface area contributed by atoms with Gasteiger partial charge in [-0.25, -0.2) is 0 Å². The van der Waals surface area contributed by atoms with Gasteiger partial charge in [0, 0.05) is 35.4 Å². The van der Waals surface area contributed by atoms with E-state index in [0.717, 1.165) is 21.2 Å². The second-order valence-corrected chi connectivity index (χ2v) is 10.4. The first kappa shape index (κ1) is 27.0. The predicted octanol–water partition coefficient (Wildman–Crippen LogP) is 6.45. The highest BCUT2D eigenvalue weighted by molar-refractivity contribution is 9.10. The monoisotopic (exact) mass is 554 g/mol. The maximum atomic E-state index is 13.7. The van der Waals surface area contributed by atoms with E-state index in [1.54, 1.807) is 4.90 Å². The lowest BCUT2D eigenvalue weighted by Crippen LogP contribution is -2.51. The Balaban J connectivity index is 1.90. The Bertz CT molecular complexity index is 1100. The lowest BCUT2D eigenvalue weighted by molar-refractivity contribution is -0.141. The van der Waals surface area contributed by atoms with Gasteiger partial charge in [0.05, 0.1) is 0 Å². The van der Waals surface area contributed by atoms with E-state index in [9.17, 15) is 9.59 Å². The van der Waals surface area contributed by atoms with Crippen LogP contribution in [0.2, 0.25) is 5.02 Å². The van der Waals surface area contributed by atoms with Crippen molar-refractivity contribution in [2.75, 3.05) is 6.54 Å². The van der Waals surface area contributed by atoms with Crippen LogP contribution in [0.5, 0.6) is 0 Å². The number of carbonyl (C=O) groups excluding carboxylic acids is 2. The van der Waals surface area contributed by atoms with Gasteiger partial charge in [-0.3, -0.25) is 9.59 Å². The molecule has 1 atom stereocenters. The molecule has 0 aliphatic carbocycles. The van der Waals surface area contributed by atoms with Crippen LogP contribution >= 0.6 is 27.5 Å². The first-order chi connectivity index (χ1) is 16.8. The van der Waals surface area contributed by atoms with Crippen molar-refractivity contribution in [3.8, 4) is 0 Å². The number of halogens is 2.